The molecule has 0 radical (unpaired) electrons. The molecular weight excluding hydrogens is 365 g/mol. The second-order valence-electron chi connectivity index (χ2n) is 6.63. The molecule has 0 saturated carbocycles. The predicted octanol–water partition coefficient (Wildman–Crippen LogP) is 2.95. The molecular formula is C20H22FN3O2S. The van der Waals surface area contributed by atoms with Crippen LogP contribution in [-0.2, 0) is 11.3 Å². The van der Waals surface area contributed by atoms with Gasteiger partial charge in [-0.15, -0.1) is 11.3 Å². The number of ether oxygens (including phenoxy) is 1. The lowest BCUT2D eigenvalue weighted by atomic mass is 10.2. The van der Waals surface area contributed by atoms with Gasteiger partial charge in [0.1, 0.15) is 11.5 Å². The number of thiophene rings is 1. The molecule has 1 amide bonds. The van der Waals surface area contributed by atoms with Gasteiger partial charge in [-0.3, -0.25) is 9.69 Å². The lowest BCUT2D eigenvalue weighted by Gasteiger charge is -2.26. The van der Waals surface area contributed by atoms with E-state index in [1.54, 1.807) is 17.4 Å². The van der Waals surface area contributed by atoms with E-state index in [-0.39, 0.29) is 11.7 Å². The van der Waals surface area contributed by atoms with Gasteiger partial charge < -0.3 is 14.6 Å². The van der Waals surface area contributed by atoms with Crippen LogP contribution >= 0.6 is 11.3 Å². The molecule has 4 rings (SSSR count). The second kappa shape index (κ2) is 8.21. The zero-order chi connectivity index (χ0) is 18.6. The van der Waals surface area contributed by atoms with Crippen LogP contribution in [0.1, 0.15) is 16.1 Å². The molecule has 3 aromatic rings. The fourth-order valence-electron chi connectivity index (χ4n) is 3.40. The van der Waals surface area contributed by atoms with Crippen LogP contribution in [-0.4, -0.2) is 54.8 Å². The summed E-state index contributed by atoms with van der Waals surface area (Å²) in [6, 6.07) is 10.4. The van der Waals surface area contributed by atoms with E-state index < -0.39 is 0 Å². The molecule has 2 aromatic heterocycles. The molecule has 0 aliphatic carbocycles. The molecule has 0 unspecified atom stereocenters. The van der Waals surface area contributed by atoms with Gasteiger partial charge in [-0.05, 0) is 35.2 Å². The number of carbonyl (C=O) groups is 1. The molecule has 0 bridgehead atoms. The van der Waals surface area contributed by atoms with Gasteiger partial charge in [0.25, 0.3) is 5.91 Å². The van der Waals surface area contributed by atoms with Crippen molar-refractivity contribution in [3.05, 3.63) is 58.9 Å². The molecule has 3 heterocycles. The number of amides is 1. The molecule has 1 fully saturated rings. The molecule has 1 saturated heterocycles. The number of nitrogens with one attached hydrogen (secondary N) is 1. The van der Waals surface area contributed by atoms with E-state index >= 15 is 0 Å². The summed E-state index contributed by atoms with van der Waals surface area (Å²) in [4.78, 5) is 15.1. The predicted molar refractivity (Wildman–Crippen MR) is 105 cm³/mol. The number of halogens is 1. The average Bonchev–Trinajstić information content (AvgIpc) is 3.25. The van der Waals surface area contributed by atoms with Crippen LogP contribution in [0.3, 0.4) is 0 Å². The third-order valence-electron chi connectivity index (χ3n) is 4.80. The van der Waals surface area contributed by atoms with Gasteiger partial charge in [-0.2, -0.15) is 0 Å². The molecule has 142 valence electrons. The highest BCUT2D eigenvalue weighted by Gasteiger charge is 2.17. The van der Waals surface area contributed by atoms with Gasteiger partial charge in [-0.1, -0.05) is 12.1 Å². The van der Waals surface area contributed by atoms with Crippen molar-refractivity contribution < 1.29 is 13.9 Å². The Hall–Kier alpha value is -2.22. The van der Waals surface area contributed by atoms with E-state index in [2.05, 4.69) is 10.2 Å². The Labute approximate surface area is 161 Å². The number of benzene rings is 1. The topological polar surface area (TPSA) is 46.5 Å². The molecule has 1 aliphatic rings. The van der Waals surface area contributed by atoms with E-state index in [1.807, 2.05) is 28.1 Å². The van der Waals surface area contributed by atoms with Crippen molar-refractivity contribution >= 4 is 27.5 Å². The molecule has 0 spiro atoms. The molecule has 1 N–H and O–H groups in total. The highest BCUT2D eigenvalue weighted by atomic mass is 32.1. The van der Waals surface area contributed by atoms with Crippen molar-refractivity contribution in [3.8, 4) is 0 Å². The first-order chi connectivity index (χ1) is 13.2. The first-order valence-electron chi connectivity index (χ1n) is 9.10. The summed E-state index contributed by atoms with van der Waals surface area (Å²) < 4.78 is 21.9. The Morgan fingerprint density at radius 1 is 1.22 bits per heavy atom. The average molecular weight is 387 g/mol. The van der Waals surface area contributed by atoms with E-state index in [9.17, 15) is 9.18 Å². The van der Waals surface area contributed by atoms with Crippen LogP contribution in [0, 0.1) is 5.82 Å². The largest absolute Gasteiger partial charge is 0.379 e. The lowest BCUT2D eigenvalue weighted by molar-refractivity contribution is 0.0383. The number of hydrogen-bond acceptors (Lipinski definition) is 4. The molecule has 27 heavy (non-hydrogen) atoms. The highest BCUT2D eigenvalue weighted by molar-refractivity contribution is 7.17. The van der Waals surface area contributed by atoms with Crippen molar-refractivity contribution in [1.82, 2.24) is 14.8 Å². The van der Waals surface area contributed by atoms with E-state index in [0.29, 0.717) is 18.8 Å². The van der Waals surface area contributed by atoms with Crippen LogP contribution in [0.2, 0.25) is 0 Å². The van der Waals surface area contributed by atoms with Gasteiger partial charge in [-0.25, -0.2) is 4.39 Å². The summed E-state index contributed by atoms with van der Waals surface area (Å²) >= 11 is 1.60. The van der Waals surface area contributed by atoms with Gasteiger partial charge in [0.05, 0.1) is 23.4 Å². The standard InChI is InChI=1S/C20H22FN3O2S/c21-16-3-1-2-15(12-16)14-24-17-4-11-27-19(17)13-18(24)20(25)22-5-6-23-7-9-26-10-8-23/h1-4,11-13H,5-10,14H2,(H,22,25). The van der Waals surface area contributed by atoms with Crippen molar-refractivity contribution in [2.24, 2.45) is 0 Å². The maximum absolute atomic E-state index is 13.6. The van der Waals surface area contributed by atoms with E-state index in [4.69, 9.17) is 4.74 Å². The van der Waals surface area contributed by atoms with Gasteiger partial charge in [0, 0.05) is 32.7 Å². The van der Waals surface area contributed by atoms with Crippen LogP contribution in [0.5, 0.6) is 0 Å². The minimum atomic E-state index is -0.266. The first kappa shape index (κ1) is 18.2. The molecule has 1 aliphatic heterocycles. The Morgan fingerprint density at radius 3 is 2.89 bits per heavy atom. The number of nitrogens with zero attached hydrogens (tertiary/aromatic N) is 2. The summed E-state index contributed by atoms with van der Waals surface area (Å²) in [5.74, 6) is -0.360. The normalized spacial score (nSPS) is 15.3. The Balaban J connectivity index is 1.48. The number of aromatic nitrogens is 1. The number of morpholine rings is 1. The number of rotatable bonds is 6. The second-order valence-corrected chi connectivity index (χ2v) is 7.57. The van der Waals surface area contributed by atoms with Crippen molar-refractivity contribution in [1.29, 1.82) is 0 Å². The smallest absolute Gasteiger partial charge is 0.268 e. The maximum Gasteiger partial charge on any atom is 0.268 e. The fourth-order valence-corrected chi connectivity index (χ4v) is 4.22. The van der Waals surface area contributed by atoms with Crippen LogP contribution < -0.4 is 5.32 Å². The Kier molecular flexibility index (Phi) is 5.52. The number of hydrogen-bond donors (Lipinski definition) is 1. The summed E-state index contributed by atoms with van der Waals surface area (Å²) in [5.41, 5.74) is 2.45. The monoisotopic (exact) mass is 387 g/mol. The number of carbonyl (C=O) groups excluding carboxylic acids is 1. The van der Waals surface area contributed by atoms with Gasteiger partial charge >= 0.3 is 0 Å². The van der Waals surface area contributed by atoms with Crippen LogP contribution in [0.4, 0.5) is 4.39 Å². The quantitative estimate of drug-likeness (QED) is 0.707. The Bertz CT molecular complexity index is 930. The van der Waals surface area contributed by atoms with E-state index in [0.717, 1.165) is 48.6 Å². The van der Waals surface area contributed by atoms with Crippen molar-refractivity contribution in [3.63, 3.8) is 0 Å². The Morgan fingerprint density at radius 2 is 2.07 bits per heavy atom. The zero-order valence-corrected chi connectivity index (χ0v) is 15.8. The van der Waals surface area contributed by atoms with Gasteiger partial charge in [0.2, 0.25) is 0 Å². The van der Waals surface area contributed by atoms with Crippen molar-refractivity contribution in [2.75, 3.05) is 39.4 Å². The van der Waals surface area contributed by atoms with Gasteiger partial charge in [0.15, 0.2) is 0 Å². The third-order valence-corrected chi connectivity index (χ3v) is 5.66. The molecule has 7 heteroatoms. The molecule has 5 nitrogen and oxygen atoms in total. The summed E-state index contributed by atoms with van der Waals surface area (Å²) in [7, 11) is 0. The van der Waals surface area contributed by atoms with Crippen LogP contribution in [0.25, 0.3) is 10.2 Å². The first-order valence-corrected chi connectivity index (χ1v) is 9.98. The van der Waals surface area contributed by atoms with E-state index in [1.165, 1.54) is 12.1 Å². The third kappa shape index (κ3) is 4.21. The molecule has 0 atom stereocenters. The summed E-state index contributed by atoms with van der Waals surface area (Å²) in [6.45, 7) is 5.18. The highest BCUT2D eigenvalue weighted by Crippen LogP contribution is 2.26. The van der Waals surface area contributed by atoms with Crippen molar-refractivity contribution in [2.45, 2.75) is 6.54 Å². The molecule has 1 aromatic carbocycles. The van der Waals surface area contributed by atoms with Crippen LogP contribution in [0.15, 0.2) is 41.8 Å². The maximum atomic E-state index is 13.6. The minimum Gasteiger partial charge on any atom is -0.379 e. The SMILES string of the molecule is O=C(NCCN1CCOCC1)c1cc2sccc2n1Cc1cccc(F)c1. The zero-order valence-electron chi connectivity index (χ0n) is 15.0. The fraction of sp³-hybridized carbons (Fsp3) is 0.350. The summed E-state index contributed by atoms with van der Waals surface area (Å²) in [5, 5.41) is 5.03. The number of fused-ring (bicyclic) bond motifs is 1. The summed E-state index contributed by atoms with van der Waals surface area (Å²) in [6.07, 6.45) is 0. The lowest BCUT2D eigenvalue weighted by Crippen LogP contribution is -2.41. The minimum absolute atomic E-state index is 0.0944.